The Kier molecular flexibility index (Phi) is 4.94. The summed E-state index contributed by atoms with van der Waals surface area (Å²) in [6.45, 7) is 17.0. The SMILES string of the molecule is C=C(/C=C(\C)c1ccc2[nH]c(C(=C)C)cc2c1)C(=C)NCc1cn[nH]c1. The van der Waals surface area contributed by atoms with Gasteiger partial charge in [0.05, 0.1) is 6.20 Å². The van der Waals surface area contributed by atoms with Gasteiger partial charge in [-0.05, 0) is 60.4 Å². The van der Waals surface area contributed by atoms with Crippen LogP contribution < -0.4 is 5.32 Å². The van der Waals surface area contributed by atoms with Crippen molar-refractivity contribution in [2.24, 2.45) is 0 Å². The van der Waals surface area contributed by atoms with E-state index in [1.165, 1.54) is 5.39 Å². The van der Waals surface area contributed by atoms with E-state index in [1.54, 1.807) is 6.20 Å². The summed E-state index contributed by atoms with van der Waals surface area (Å²) in [5.74, 6) is 0. The first kappa shape index (κ1) is 17.5. The number of hydrogen-bond donors (Lipinski definition) is 3. The van der Waals surface area contributed by atoms with E-state index < -0.39 is 0 Å². The van der Waals surface area contributed by atoms with E-state index in [4.69, 9.17) is 0 Å². The molecule has 4 heteroatoms. The van der Waals surface area contributed by atoms with Crippen LogP contribution in [-0.2, 0) is 6.54 Å². The summed E-state index contributed by atoms with van der Waals surface area (Å²) in [5, 5.41) is 11.2. The molecule has 3 rings (SSSR count). The maximum atomic E-state index is 4.13. The fourth-order valence-corrected chi connectivity index (χ4v) is 2.74. The smallest absolute Gasteiger partial charge is 0.0537 e. The Bertz CT molecular complexity index is 1000. The number of benzene rings is 1. The molecule has 0 aliphatic rings. The third-order valence-electron chi connectivity index (χ3n) is 4.37. The molecule has 0 bridgehead atoms. The highest BCUT2D eigenvalue weighted by molar-refractivity contribution is 5.87. The monoisotopic (exact) mass is 344 g/mol. The largest absolute Gasteiger partial charge is 0.381 e. The average Bonchev–Trinajstić information content (AvgIpc) is 3.28. The minimum Gasteiger partial charge on any atom is -0.381 e. The van der Waals surface area contributed by atoms with Crippen LogP contribution in [0, 0.1) is 0 Å². The number of aromatic amines is 2. The molecule has 0 aliphatic heterocycles. The van der Waals surface area contributed by atoms with E-state index in [0.29, 0.717) is 6.54 Å². The Morgan fingerprint density at radius 2 is 2.00 bits per heavy atom. The Hall–Kier alpha value is -3.27. The van der Waals surface area contributed by atoms with E-state index in [-0.39, 0.29) is 0 Å². The molecule has 0 aliphatic carbocycles. The summed E-state index contributed by atoms with van der Waals surface area (Å²) in [6.07, 6.45) is 5.70. The van der Waals surface area contributed by atoms with Crippen molar-refractivity contribution in [3.63, 3.8) is 0 Å². The Labute approximate surface area is 154 Å². The highest BCUT2D eigenvalue weighted by atomic mass is 15.1. The molecule has 3 N–H and O–H groups in total. The Balaban J connectivity index is 1.73. The average molecular weight is 344 g/mol. The van der Waals surface area contributed by atoms with Crippen molar-refractivity contribution >= 4 is 22.0 Å². The van der Waals surface area contributed by atoms with Gasteiger partial charge in [-0.3, -0.25) is 5.10 Å². The van der Waals surface area contributed by atoms with Crippen LogP contribution in [0.4, 0.5) is 0 Å². The van der Waals surface area contributed by atoms with Crippen LogP contribution in [0.1, 0.15) is 30.7 Å². The molecule has 0 radical (unpaired) electrons. The molecule has 1 aromatic carbocycles. The number of nitrogens with zero attached hydrogens (tertiary/aromatic N) is 1. The molecule has 0 saturated carbocycles. The lowest BCUT2D eigenvalue weighted by Crippen LogP contribution is -2.12. The normalized spacial score (nSPS) is 11.5. The second kappa shape index (κ2) is 7.31. The highest BCUT2D eigenvalue weighted by Crippen LogP contribution is 2.25. The lowest BCUT2D eigenvalue weighted by molar-refractivity contribution is 0.830. The van der Waals surface area contributed by atoms with Crippen LogP contribution in [0.5, 0.6) is 0 Å². The number of hydrogen-bond acceptors (Lipinski definition) is 2. The molecule has 132 valence electrons. The predicted octanol–water partition coefficient (Wildman–Crippen LogP) is 5.19. The van der Waals surface area contributed by atoms with Crippen LogP contribution in [-0.4, -0.2) is 15.2 Å². The number of nitrogens with one attached hydrogen (secondary N) is 3. The molecule has 0 atom stereocenters. The van der Waals surface area contributed by atoms with Gasteiger partial charge in [-0.25, -0.2) is 0 Å². The lowest BCUT2D eigenvalue weighted by Gasteiger charge is -2.10. The maximum absolute atomic E-state index is 4.13. The van der Waals surface area contributed by atoms with Gasteiger partial charge in [0.25, 0.3) is 0 Å². The second-order valence-corrected chi connectivity index (χ2v) is 6.56. The Morgan fingerprint density at radius 3 is 2.69 bits per heavy atom. The molecule has 0 unspecified atom stereocenters. The first-order chi connectivity index (χ1) is 12.4. The van der Waals surface area contributed by atoms with Crippen molar-refractivity contribution in [2.75, 3.05) is 0 Å². The first-order valence-electron chi connectivity index (χ1n) is 8.51. The van der Waals surface area contributed by atoms with Gasteiger partial charge in [-0.2, -0.15) is 5.10 Å². The van der Waals surface area contributed by atoms with Gasteiger partial charge in [0.1, 0.15) is 0 Å². The quantitative estimate of drug-likeness (QED) is 0.517. The molecule has 26 heavy (non-hydrogen) atoms. The molecule has 2 aromatic heterocycles. The van der Waals surface area contributed by atoms with Crippen molar-refractivity contribution in [1.82, 2.24) is 20.5 Å². The van der Waals surface area contributed by atoms with Crippen molar-refractivity contribution in [1.29, 1.82) is 0 Å². The van der Waals surface area contributed by atoms with Gasteiger partial charge < -0.3 is 10.3 Å². The van der Waals surface area contributed by atoms with E-state index in [9.17, 15) is 0 Å². The molecular formula is C22H24N4. The minimum atomic E-state index is 0.667. The van der Waals surface area contributed by atoms with Gasteiger partial charge in [0.2, 0.25) is 0 Å². The zero-order valence-electron chi connectivity index (χ0n) is 15.3. The molecule has 0 fully saturated rings. The number of fused-ring (bicyclic) bond motifs is 1. The summed E-state index contributed by atoms with van der Waals surface area (Å²) in [6, 6.07) is 8.53. The molecule has 0 amide bonds. The summed E-state index contributed by atoms with van der Waals surface area (Å²) in [5.41, 5.74) is 8.26. The van der Waals surface area contributed by atoms with Crippen LogP contribution in [0.15, 0.2) is 73.7 Å². The Morgan fingerprint density at radius 1 is 1.19 bits per heavy atom. The van der Waals surface area contributed by atoms with Gasteiger partial charge in [0.15, 0.2) is 0 Å². The van der Waals surface area contributed by atoms with Crippen LogP contribution in [0.25, 0.3) is 22.0 Å². The summed E-state index contributed by atoms with van der Waals surface area (Å²) >= 11 is 0. The third kappa shape index (κ3) is 3.86. The molecule has 0 saturated heterocycles. The summed E-state index contributed by atoms with van der Waals surface area (Å²) < 4.78 is 0. The minimum absolute atomic E-state index is 0.667. The van der Waals surface area contributed by atoms with E-state index in [0.717, 1.165) is 44.8 Å². The van der Waals surface area contributed by atoms with Crippen molar-refractivity contribution < 1.29 is 0 Å². The zero-order chi connectivity index (χ0) is 18.7. The van der Waals surface area contributed by atoms with Crippen molar-refractivity contribution in [3.05, 3.63) is 90.6 Å². The number of rotatable bonds is 7. The van der Waals surface area contributed by atoms with E-state index >= 15 is 0 Å². The van der Waals surface area contributed by atoms with Crippen LogP contribution in [0.2, 0.25) is 0 Å². The van der Waals surface area contributed by atoms with Gasteiger partial charge >= 0.3 is 0 Å². The van der Waals surface area contributed by atoms with E-state index in [1.807, 2.05) is 13.1 Å². The highest BCUT2D eigenvalue weighted by Gasteiger charge is 2.05. The van der Waals surface area contributed by atoms with Gasteiger partial charge in [-0.1, -0.05) is 25.8 Å². The fraction of sp³-hybridized carbons (Fsp3) is 0.136. The van der Waals surface area contributed by atoms with Crippen molar-refractivity contribution in [2.45, 2.75) is 20.4 Å². The van der Waals surface area contributed by atoms with Crippen molar-refractivity contribution in [3.8, 4) is 0 Å². The van der Waals surface area contributed by atoms with Gasteiger partial charge in [0, 0.05) is 40.6 Å². The second-order valence-electron chi connectivity index (χ2n) is 6.56. The number of H-pyrrole nitrogens is 2. The predicted molar refractivity (Wildman–Crippen MR) is 110 cm³/mol. The molecule has 2 heterocycles. The maximum Gasteiger partial charge on any atom is 0.0537 e. The number of aromatic nitrogens is 3. The molecule has 4 nitrogen and oxygen atoms in total. The van der Waals surface area contributed by atoms with E-state index in [2.05, 4.69) is 77.5 Å². The lowest BCUT2D eigenvalue weighted by atomic mass is 10.0. The first-order valence-corrected chi connectivity index (χ1v) is 8.51. The van der Waals surface area contributed by atoms with Gasteiger partial charge in [-0.15, -0.1) is 0 Å². The molecule has 3 aromatic rings. The van der Waals surface area contributed by atoms with Crippen LogP contribution >= 0.6 is 0 Å². The van der Waals surface area contributed by atoms with Crippen LogP contribution in [0.3, 0.4) is 0 Å². The topological polar surface area (TPSA) is 56.5 Å². The number of allylic oxidation sites excluding steroid dienone is 3. The molecular weight excluding hydrogens is 320 g/mol. The standard InChI is InChI=1S/C22H24N4/c1-14(2)22-10-20-9-19(6-7-21(20)26-22)16(4)8-15(3)17(5)23-11-18-12-24-25-13-18/h6-10,12-13,23,26H,1,3,5,11H2,2,4H3,(H,24,25)/b16-8+. The zero-order valence-corrected chi connectivity index (χ0v) is 15.3. The third-order valence-corrected chi connectivity index (χ3v) is 4.37. The summed E-state index contributed by atoms with van der Waals surface area (Å²) in [4.78, 5) is 3.38. The summed E-state index contributed by atoms with van der Waals surface area (Å²) in [7, 11) is 0. The fourth-order valence-electron chi connectivity index (χ4n) is 2.74. The molecule has 0 spiro atoms.